The Bertz CT molecular complexity index is 276. The second-order valence-electron chi connectivity index (χ2n) is 6.06. The number of nitrogens with zero attached hydrogens (tertiary/aromatic N) is 1. The van der Waals surface area contributed by atoms with Gasteiger partial charge in [0, 0.05) is 32.2 Å². The minimum atomic E-state index is 0.212. The van der Waals surface area contributed by atoms with Crippen LogP contribution in [0.4, 0.5) is 0 Å². The molecule has 2 aliphatic rings. The van der Waals surface area contributed by atoms with E-state index >= 15 is 0 Å². The summed E-state index contributed by atoms with van der Waals surface area (Å²) >= 11 is 0. The lowest BCUT2D eigenvalue weighted by Crippen LogP contribution is -2.49. The fraction of sp³-hybridized carbons (Fsp3) is 0.929. The van der Waals surface area contributed by atoms with Crippen molar-refractivity contribution in [2.24, 2.45) is 11.8 Å². The van der Waals surface area contributed by atoms with Crippen molar-refractivity contribution >= 4 is 5.91 Å². The van der Waals surface area contributed by atoms with Crippen LogP contribution in [-0.4, -0.2) is 49.6 Å². The summed E-state index contributed by atoms with van der Waals surface area (Å²) in [6.45, 7) is 9.19. The number of rotatable bonds is 3. The Morgan fingerprint density at radius 2 is 1.94 bits per heavy atom. The normalized spacial score (nSPS) is 34.2. The Hall–Kier alpha value is -0.610. The van der Waals surface area contributed by atoms with Crippen LogP contribution in [0.25, 0.3) is 0 Å². The Morgan fingerprint density at radius 1 is 1.22 bits per heavy atom. The van der Waals surface area contributed by atoms with Gasteiger partial charge in [-0.2, -0.15) is 0 Å². The van der Waals surface area contributed by atoms with Crippen molar-refractivity contribution in [3.8, 4) is 0 Å². The summed E-state index contributed by atoms with van der Waals surface area (Å²) < 4.78 is 0. The highest BCUT2D eigenvalue weighted by atomic mass is 16.2. The molecule has 1 amide bonds. The average Bonchev–Trinajstić information content (AvgIpc) is 2.35. The Kier molecular flexibility index (Phi) is 5.01. The number of carbonyl (C=O) groups excluding carboxylic acids is 1. The van der Waals surface area contributed by atoms with Crippen molar-refractivity contribution in [3.05, 3.63) is 0 Å². The molecule has 2 N–H and O–H groups in total. The first kappa shape index (κ1) is 13.8. The topological polar surface area (TPSA) is 44.4 Å². The van der Waals surface area contributed by atoms with Crippen molar-refractivity contribution in [1.29, 1.82) is 0 Å². The van der Waals surface area contributed by atoms with Gasteiger partial charge in [-0.15, -0.1) is 0 Å². The van der Waals surface area contributed by atoms with Crippen molar-refractivity contribution in [2.75, 3.05) is 32.7 Å². The molecule has 1 aliphatic heterocycles. The van der Waals surface area contributed by atoms with E-state index in [9.17, 15) is 4.79 Å². The molecule has 0 aromatic rings. The van der Waals surface area contributed by atoms with Crippen LogP contribution in [-0.2, 0) is 4.79 Å². The largest absolute Gasteiger partial charge is 0.352 e. The number of carbonyl (C=O) groups is 1. The third kappa shape index (κ3) is 3.95. The monoisotopic (exact) mass is 253 g/mol. The van der Waals surface area contributed by atoms with E-state index in [1.54, 1.807) is 0 Å². The van der Waals surface area contributed by atoms with Crippen LogP contribution in [0.3, 0.4) is 0 Å². The van der Waals surface area contributed by atoms with Gasteiger partial charge in [0.25, 0.3) is 0 Å². The lowest BCUT2D eigenvalue weighted by atomic mass is 9.79. The zero-order valence-corrected chi connectivity index (χ0v) is 11.7. The summed E-state index contributed by atoms with van der Waals surface area (Å²) in [5.41, 5.74) is 0. The highest BCUT2D eigenvalue weighted by Gasteiger charge is 2.25. The molecule has 3 unspecified atom stereocenters. The molecule has 0 aromatic heterocycles. The van der Waals surface area contributed by atoms with Crippen molar-refractivity contribution in [3.63, 3.8) is 0 Å². The van der Waals surface area contributed by atoms with Crippen molar-refractivity contribution in [1.82, 2.24) is 15.5 Å². The van der Waals surface area contributed by atoms with Crippen LogP contribution < -0.4 is 10.6 Å². The van der Waals surface area contributed by atoms with Gasteiger partial charge in [0.1, 0.15) is 0 Å². The van der Waals surface area contributed by atoms with Crippen molar-refractivity contribution < 1.29 is 4.79 Å². The predicted octanol–water partition coefficient (Wildman–Crippen LogP) is 0.833. The van der Waals surface area contributed by atoms with Gasteiger partial charge >= 0.3 is 0 Å². The molecule has 104 valence electrons. The molecule has 2 rings (SSSR count). The number of amides is 1. The molecule has 1 saturated carbocycles. The van der Waals surface area contributed by atoms with Gasteiger partial charge in [0.2, 0.25) is 5.91 Å². The molecule has 1 saturated heterocycles. The number of piperazine rings is 1. The highest BCUT2D eigenvalue weighted by Crippen LogP contribution is 2.29. The molecule has 0 radical (unpaired) electrons. The average molecular weight is 253 g/mol. The van der Waals surface area contributed by atoms with Crippen LogP contribution in [0.5, 0.6) is 0 Å². The number of nitrogens with one attached hydrogen (secondary N) is 2. The Labute approximate surface area is 110 Å². The molecule has 0 aromatic carbocycles. The van der Waals surface area contributed by atoms with Crippen molar-refractivity contribution in [2.45, 2.75) is 39.2 Å². The Morgan fingerprint density at radius 3 is 2.61 bits per heavy atom. The second-order valence-corrected chi connectivity index (χ2v) is 6.06. The summed E-state index contributed by atoms with van der Waals surface area (Å²) in [5.74, 6) is 1.76. The maximum atomic E-state index is 12.0. The van der Waals surface area contributed by atoms with E-state index in [1.165, 1.54) is 6.42 Å². The summed E-state index contributed by atoms with van der Waals surface area (Å²) in [7, 11) is 0. The summed E-state index contributed by atoms with van der Waals surface area (Å²) in [6.07, 6.45) is 3.55. The first-order valence-electron chi connectivity index (χ1n) is 7.37. The zero-order valence-electron chi connectivity index (χ0n) is 11.7. The SMILES string of the molecule is CC1CCC(NC(=O)CN2CCNCC2)CC1C. The van der Waals surface area contributed by atoms with E-state index < -0.39 is 0 Å². The van der Waals surface area contributed by atoms with Crippen LogP contribution in [0, 0.1) is 11.8 Å². The molecule has 1 aliphatic carbocycles. The van der Waals surface area contributed by atoms with E-state index in [1.807, 2.05) is 0 Å². The number of hydrogen-bond donors (Lipinski definition) is 2. The minimum Gasteiger partial charge on any atom is -0.352 e. The molecule has 0 bridgehead atoms. The maximum absolute atomic E-state index is 12.0. The van der Waals surface area contributed by atoms with Crippen LogP contribution in [0.15, 0.2) is 0 Å². The van der Waals surface area contributed by atoms with E-state index in [4.69, 9.17) is 0 Å². The molecule has 2 fully saturated rings. The first-order valence-corrected chi connectivity index (χ1v) is 7.37. The van der Waals surface area contributed by atoms with Gasteiger partial charge < -0.3 is 10.6 Å². The van der Waals surface area contributed by atoms with Gasteiger partial charge in [0.15, 0.2) is 0 Å². The van der Waals surface area contributed by atoms with E-state index in [-0.39, 0.29) is 5.91 Å². The van der Waals surface area contributed by atoms with Gasteiger partial charge in [-0.25, -0.2) is 0 Å². The molecule has 4 nitrogen and oxygen atoms in total. The third-order valence-electron chi connectivity index (χ3n) is 4.54. The molecule has 0 spiro atoms. The molecule has 18 heavy (non-hydrogen) atoms. The van der Waals surface area contributed by atoms with Crippen LogP contribution in [0.1, 0.15) is 33.1 Å². The molecular formula is C14H27N3O. The van der Waals surface area contributed by atoms with Gasteiger partial charge in [-0.3, -0.25) is 9.69 Å². The molecule has 4 heteroatoms. The maximum Gasteiger partial charge on any atom is 0.234 e. The summed E-state index contributed by atoms with van der Waals surface area (Å²) in [6, 6.07) is 0.409. The predicted molar refractivity (Wildman–Crippen MR) is 73.4 cm³/mol. The standard InChI is InChI=1S/C14H27N3O/c1-11-3-4-13(9-12(11)2)16-14(18)10-17-7-5-15-6-8-17/h11-13,15H,3-10H2,1-2H3,(H,16,18). The second kappa shape index (κ2) is 6.53. The summed E-state index contributed by atoms with van der Waals surface area (Å²) in [5, 5.41) is 6.52. The first-order chi connectivity index (χ1) is 8.65. The zero-order chi connectivity index (χ0) is 13.0. The fourth-order valence-corrected chi connectivity index (χ4v) is 3.02. The third-order valence-corrected chi connectivity index (χ3v) is 4.54. The van der Waals surface area contributed by atoms with Gasteiger partial charge in [-0.1, -0.05) is 13.8 Å². The lowest BCUT2D eigenvalue weighted by Gasteiger charge is -2.33. The van der Waals surface area contributed by atoms with E-state index in [0.717, 1.165) is 50.9 Å². The molecule has 1 heterocycles. The number of hydrogen-bond acceptors (Lipinski definition) is 3. The minimum absolute atomic E-state index is 0.212. The fourth-order valence-electron chi connectivity index (χ4n) is 3.02. The molecule has 3 atom stereocenters. The van der Waals surface area contributed by atoms with Crippen LogP contribution >= 0.6 is 0 Å². The summed E-state index contributed by atoms with van der Waals surface area (Å²) in [4.78, 5) is 14.2. The van der Waals surface area contributed by atoms with E-state index in [2.05, 4.69) is 29.4 Å². The van der Waals surface area contributed by atoms with Gasteiger partial charge in [0.05, 0.1) is 6.54 Å². The molecular weight excluding hydrogens is 226 g/mol. The Balaban J connectivity index is 1.70. The lowest BCUT2D eigenvalue weighted by molar-refractivity contribution is -0.123. The highest BCUT2D eigenvalue weighted by molar-refractivity contribution is 5.78. The van der Waals surface area contributed by atoms with E-state index in [0.29, 0.717) is 12.6 Å². The van der Waals surface area contributed by atoms with Gasteiger partial charge in [-0.05, 0) is 31.1 Å². The van der Waals surface area contributed by atoms with Crippen LogP contribution in [0.2, 0.25) is 0 Å². The quantitative estimate of drug-likeness (QED) is 0.783. The smallest absolute Gasteiger partial charge is 0.234 e.